The first-order valence-corrected chi connectivity index (χ1v) is 11.0. The number of carbonyl (C=O) groups excluding carboxylic acids is 2. The van der Waals surface area contributed by atoms with E-state index in [1.807, 2.05) is 4.90 Å². The molecule has 2 heterocycles. The third kappa shape index (κ3) is 5.70. The summed E-state index contributed by atoms with van der Waals surface area (Å²) in [6.45, 7) is 5.09. The maximum atomic E-state index is 12.5. The van der Waals surface area contributed by atoms with Crippen LogP contribution in [0.4, 0.5) is 0 Å². The summed E-state index contributed by atoms with van der Waals surface area (Å²) in [5, 5.41) is 3.13. The van der Waals surface area contributed by atoms with Gasteiger partial charge in [-0.1, -0.05) is 25.7 Å². The molecule has 0 radical (unpaired) electrons. The van der Waals surface area contributed by atoms with Gasteiger partial charge in [-0.25, -0.2) is 0 Å². The molecule has 3 aliphatic rings. The van der Waals surface area contributed by atoms with Gasteiger partial charge in [-0.05, 0) is 64.6 Å². The molecule has 0 bridgehead atoms. The van der Waals surface area contributed by atoms with E-state index < -0.39 is 0 Å². The van der Waals surface area contributed by atoms with Gasteiger partial charge in [-0.2, -0.15) is 0 Å². The Morgan fingerprint density at radius 3 is 2.42 bits per heavy atom. The Balaban J connectivity index is 1.32. The van der Waals surface area contributed by atoms with Crippen molar-refractivity contribution in [1.29, 1.82) is 0 Å². The molecule has 5 nitrogen and oxygen atoms in total. The summed E-state index contributed by atoms with van der Waals surface area (Å²) in [6.07, 6.45) is 13.6. The van der Waals surface area contributed by atoms with Crippen LogP contribution in [0.1, 0.15) is 77.0 Å². The Morgan fingerprint density at radius 1 is 0.962 bits per heavy atom. The summed E-state index contributed by atoms with van der Waals surface area (Å²) in [4.78, 5) is 29.3. The van der Waals surface area contributed by atoms with Crippen molar-refractivity contribution in [3.05, 3.63) is 0 Å². The fraction of sp³-hybridized carbons (Fsp3) is 0.905. The smallest absolute Gasteiger partial charge is 0.224 e. The van der Waals surface area contributed by atoms with Gasteiger partial charge in [0.05, 0.1) is 5.92 Å². The molecule has 148 valence electrons. The third-order valence-electron chi connectivity index (χ3n) is 6.48. The van der Waals surface area contributed by atoms with Crippen LogP contribution in [-0.2, 0) is 9.59 Å². The molecule has 1 atom stereocenters. The standard InChI is InChI=1S/C21H37N3O2/c25-20-12-11-18(17-24(20)19-9-3-4-10-19)21(26)22-13-5-8-16-23-14-6-1-2-7-15-23/h18-19H,1-17H2,(H,22,26). The maximum Gasteiger partial charge on any atom is 0.224 e. The first kappa shape index (κ1) is 19.7. The van der Waals surface area contributed by atoms with Crippen molar-refractivity contribution < 1.29 is 9.59 Å². The fourth-order valence-corrected chi connectivity index (χ4v) is 4.83. The van der Waals surface area contributed by atoms with Crippen LogP contribution < -0.4 is 5.32 Å². The highest BCUT2D eigenvalue weighted by Gasteiger charge is 2.34. The second-order valence-corrected chi connectivity index (χ2v) is 8.47. The lowest BCUT2D eigenvalue weighted by Gasteiger charge is -2.36. The highest BCUT2D eigenvalue weighted by atomic mass is 16.2. The van der Waals surface area contributed by atoms with E-state index in [0.29, 0.717) is 19.0 Å². The van der Waals surface area contributed by atoms with Crippen molar-refractivity contribution >= 4 is 11.8 Å². The van der Waals surface area contributed by atoms with Crippen LogP contribution in [-0.4, -0.2) is 60.4 Å². The van der Waals surface area contributed by atoms with Gasteiger partial charge in [0.1, 0.15) is 0 Å². The van der Waals surface area contributed by atoms with Crippen LogP contribution in [0.25, 0.3) is 0 Å². The van der Waals surface area contributed by atoms with Gasteiger partial charge in [-0.15, -0.1) is 0 Å². The van der Waals surface area contributed by atoms with Crippen LogP contribution in [0.3, 0.4) is 0 Å². The summed E-state index contributed by atoms with van der Waals surface area (Å²) >= 11 is 0. The average Bonchev–Trinajstić information content (AvgIpc) is 3.06. The maximum absolute atomic E-state index is 12.5. The molecular formula is C21H37N3O2. The van der Waals surface area contributed by atoms with E-state index in [-0.39, 0.29) is 17.7 Å². The van der Waals surface area contributed by atoms with E-state index in [0.717, 1.165) is 38.6 Å². The summed E-state index contributed by atoms with van der Waals surface area (Å²) in [6, 6.07) is 0.395. The molecule has 0 aromatic rings. The summed E-state index contributed by atoms with van der Waals surface area (Å²) in [5.74, 6) is 0.424. The lowest BCUT2D eigenvalue weighted by Crippen LogP contribution is -2.49. The molecule has 1 unspecified atom stereocenters. The Kier molecular flexibility index (Phi) is 7.78. The Hall–Kier alpha value is -1.10. The fourth-order valence-electron chi connectivity index (χ4n) is 4.83. The van der Waals surface area contributed by atoms with Gasteiger partial charge in [0.25, 0.3) is 0 Å². The lowest BCUT2D eigenvalue weighted by molar-refractivity contribution is -0.140. The molecule has 0 aromatic carbocycles. The van der Waals surface area contributed by atoms with Gasteiger partial charge in [0.15, 0.2) is 0 Å². The second-order valence-electron chi connectivity index (χ2n) is 8.47. The molecule has 2 amide bonds. The Labute approximate surface area is 158 Å². The van der Waals surface area contributed by atoms with E-state index in [1.54, 1.807) is 0 Å². The minimum absolute atomic E-state index is 0.00101. The van der Waals surface area contributed by atoms with Gasteiger partial charge < -0.3 is 15.1 Å². The molecule has 3 rings (SSSR count). The highest BCUT2D eigenvalue weighted by Crippen LogP contribution is 2.28. The van der Waals surface area contributed by atoms with Crippen LogP contribution in [0.2, 0.25) is 0 Å². The monoisotopic (exact) mass is 363 g/mol. The predicted octanol–water partition coefficient (Wildman–Crippen LogP) is 2.94. The van der Waals surface area contributed by atoms with Crippen LogP contribution in [0.15, 0.2) is 0 Å². The number of likely N-dealkylation sites (tertiary alicyclic amines) is 2. The summed E-state index contributed by atoms with van der Waals surface area (Å²) < 4.78 is 0. The molecule has 1 aliphatic carbocycles. The molecule has 0 aromatic heterocycles. The van der Waals surface area contributed by atoms with Gasteiger partial charge >= 0.3 is 0 Å². The molecule has 26 heavy (non-hydrogen) atoms. The van der Waals surface area contributed by atoms with Crippen molar-refractivity contribution in [2.45, 2.75) is 83.1 Å². The highest BCUT2D eigenvalue weighted by molar-refractivity contribution is 5.84. The largest absolute Gasteiger partial charge is 0.356 e. The lowest BCUT2D eigenvalue weighted by atomic mass is 9.95. The molecule has 2 saturated heterocycles. The number of rotatable bonds is 7. The third-order valence-corrected chi connectivity index (χ3v) is 6.48. The number of carbonyl (C=O) groups is 2. The van der Waals surface area contributed by atoms with Crippen molar-refractivity contribution in [3.63, 3.8) is 0 Å². The predicted molar refractivity (Wildman–Crippen MR) is 104 cm³/mol. The van der Waals surface area contributed by atoms with E-state index in [1.165, 1.54) is 58.2 Å². The van der Waals surface area contributed by atoms with Crippen molar-refractivity contribution in [1.82, 2.24) is 15.1 Å². The Bertz CT molecular complexity index is 454. The number of hydrogen-bond donors (Lipinski definition) is 1. The van der Waals surface area contributed by atoms with Crippen molar-refractivity contribution in [2.75, 3.05) is 32.7 Å². The average molecular weight is 364 g/mol. The molecule has 5 heteroatoms. The van der Waals surface area contributed by atoms with Crippen molar-refractivity contribution in [3.8, 4) is 0 Å². The quantitative estimate of drug-likeness (QED) is 0.708. The van der Waals surface area contributed by atoms with Crippen LogP contribution in [0.5, 0.6) is 0 Å². The van der Waals surface area contributed by atoms with E-state index in [9.17, 15) is 9.59 Å². The number of hydrogen-bond acceptors (Lipinski definition) is 3. The molecule has 0 spiro atoms. The summed E-state index contributed by atoms with van der Waals surface area (Å²) in [5.41, 5.74) is 0. The molecule has 1 N–H and O–H groups in total. The minimum Gasteiger partial charge on any atom is -0.356 e. The minimum atomic E-state index is -0.00101. The van der Waals surface area contributed by atoms with E-state index in [4.69, 9.17) is 0 Å². The zero-order valence-corrected chi connectivity index (χ0v) is 16.4. The first-order chi connectivity index (χ1) is 12.7. The topological polar surface area (TPSA) is 52.7 Å². The zero-order chi connectivity index (χ0) is 18.2. The SMILES string of the molecule is O=C(NCCCCN1CCCCCC1)C1CCC(=O)N(C2CCCC2)C1. The van der Waals surface area contributed by atoms with E-state index >= 15 is 0 Å². The first-order valence-electron chi connectivity index (χ1n) is 11.0. The van der Waals surface area contributed by atoms with E-state index in [2.05, 4.69) is 10.2 Å². The summed E-state index contributed by atoms with van der Waals surface area (Å²) in [7, 11) is 0. The molecular weight excluding hydrogens is 326 g/mol. The van der Waals surface area contributed by atoms with Gasteiger partial charge in [-0.3, -0.25) is 9.59 Å². The number of amides is 2. The van der Waals surface area contributed by atoms with Gasteiger partial charge in [0.2, 0.25) is 11.8 Å². The molecule has 3 fully saturated rings. The Morgan fingerprint density at radius 2 is 1.69 bits per heavy atom. The number of piperidine rings is 1. The number of nitrogens with zero attached hydrogens (tertiary/aromatic N) is 2. The number of unbranched alkanes of at least 4 members (excludes halogenated alkanes) is 1. The number of nitrogens with one attached hydrogen (secondary N) is 1. The van der Waals surface area contributed by atoms with Crippen molar-refractivity contribution in [2.24, 2.45) is 5.92 Å². The molecule has 2 aliphatic heterocycles. The normalized spacial score (nSPS) is 26.1. The van der Waals surface area contributed by atoms with Crippen LogP contribution in [0, 0.1) is 5.92 Å². The zero-order valence-electron chi connectivity index (χ0n) is 16.4. The van der Waals surface area contributed by atoms with Crippen LogP contribution >= 0.6 is 0 Å². The van der Waals surface area contributed by atoms with Gasteiger partial charge in [0, 0.05) is 25.6 Å². The second kappa shape index (κ2) is 10.3. The molecule has 1 saturated carbocycles.